The van der Waals surface area contributed by atoms with Crippen LogP contribution in [0, 0.1) is 25.5 Å². The molecule has 1 heterocycles. The monoisotopic (exact) mass is 225 g/mol. The molecule has 0 aliphatic carbocycles. The lowest BCUT2D eigenvalue weighted by Crippen LogP contribution is -1.85. The molecule has 0 spiro atoms. The Hall–Kier alpha value is -1.29. The molecule has 1 aromatic heterocycles. The van der Waals surface area contributed by atoms with E-state index in [2.05, 4.69) is 4.98 Å². The van der Waals surface area contributed by atoms with Gasteiger partial charge in [0, 0.05) is 16.5 Å². The first-order chi connectivity index (χ1) is 7.08. The zero-order valence-electron chi connectivity index (χ0n) is 8.34. The van der Waals surface area contributed by atoms with Gasteiger partial charge in [-0.15, -0.1) is 11.3 Å². The van der Waals surface area contributed by atoms with E-state index in [0.29, 0.717) is 10.6 Å². The van der Waals surface area contributed by atoms with Crippen molar-refractivity contribution >= 4 is 11.3 Å². The fraction of sp³-hybridized carbons (Fsp3) is 0.182. The Morgan fingerprint density at radius 1 is 1.20 bits per heavy atom. The van der Waals surface area contributed by atoms with Crippen LogP contribution in [0.3, 0.4) is 0 Å². The Labute approximate surface area is 90.4 Å². The van der Waals surface area contributed by atoms with Crippen LogP contribution in [-0.2, 0) is 0 Å². The molecule has 1 aromatic carbocycles. The van der Waals surface area contributed by atoms with Crippen LogP contribution < -0.4 is 0 Å². The van der Waals surface area contributed by atoms with Crippen LogP contribution >= 0.6 is 11.3 Å². The van der Waals surface area contributed by atoms with E-state index in [-0.39, 0.29) is 0 Å². The summed E-state index contributed by atoms with van der Waals surface area (Å²) in [4.78, 5) is 5.28. The molecule has 0 bridgehead atoms. The Morgan fingerprint density at radius 2 is 1.93 bits per heavy atom. The van der Waals surface area contributed by atoms with Crippen molar-refractivity contribution in [1.29, 1.82) is 0 Å². The van der Waals surface area contributed by atoms with Gasteiger partial charge < -0.3 is 0 Å². The van der Waals surface area contributed by atoms with Gasteiger partial charge in [0.05, 0.1) is 5.69 Å². The third kappa shape index (κ3) is 1.90. The highest BCUT2D eigenvalue weighted by atomic mass is 32.1. The number of nitrogens with zero attached hydrogens (tertiary/aromatic N) is 1. The third-order valence-electron chi connectivity index (χ3n) is 2.19. The lowest BCUT2D eigenvalue weighted by atomic mass is 10.2. The van der Waals surface area contributed by atoms with Crippen LogP contribution in [0.2, 0.25) is 0 Å². The minimum absolute atomic E-state index is 0.359. The summed E-state index contributed by atoms with van der Waals surface area (Å²) >= 11 is 1.41. The predicted octanol–water partition coefficient (Wildman–Crippen LogP) is 3.71. The number of aromatic nitrogens is 1. The molecule has 0 N–H and O–H groups in total. The summed E-state index contributed by atoms with van der Waals surface area (Å²) in [7, 11) is 0. The molecule has 0 amide bonds. The van der Waals surface area contributed by atoms with Crippen molar-refractivity contribution in [1.82, 2.24) is 4.98 Å². The Kier molecular flexibility index (Phi) is 2.52. The summed E-state index contributed by atoms with van der Waals surface area (Å²) in [6, 6.07) is 3.54. The molecule has 0 atom stereocenters. The molecule has 0 unspecified atom stereocenters. The first-order valence-corrected chi connectivity index (χ1v) is 5.29. The first-order valence-electron chi connectivity index (χ1n) is 4.47. The number of aryl methyl sites for hydroxylation is 2. The van der Waals surface area contributed by atoms with Crippen LogP contribution in [0.4, 0.5) is 8.78 Å². The fourth-order valence-electron chi connectivity index (χ4n) is 1.25. The summed E-state index contributed by atoms with van der Waals surface area (Å²) in [5, 5.41) is 0.600. The molecule has 0 aliphatic rings. The van der Waals surface area contributed by atoms with Crippen LogP contribution in [0.25, 0.3) is 10.6 Å². The van der Waals surface area contributed by atoms with Crippen LogP contribution in [0.5, 0.6) is 0 Å². The number of hydrogen-bond acceptors (Lipinski definition) is 2. The van der Waals surface area contributed by atoms with E-state index >= 15 is 0 Å². The molecule has 4 heteroatoms. The lowest BCUT2D eigenvalue weighted by Gasteiger charge is -1.98. The topological polar surface area (TPSA) is 12.9 Å². The van der Waals surface area contributed by atoms with Gasteiger partial charge in [-0.05, 0) is 26.0 Å². The van der Waals surface area contributed by atoms with Crippen LogP contribution in [0.1, 0.15) is 10.6 Å². The van der Waals surface area contributed by atoms with Gasteiger partial charge in [-0.25, -0.2) is 13.8 Å². The molecule has 0 saturated heterocycles. The van der Waals surface area contributed by atoms with Gasteiger partial charge in [0.25, 0.3) is 0 Å². The molecule has 2 rings (SSSR count). The van der Waals surface area contributed by atoms with E-state index in [1.54, 1.807) is 0 Å². The summed E-state index contributed by atoms with van der Waals surface area (Å²) in [5.41, 5.74) is 1.25. The van der Waals surface area contributed by atoms with Gasteiger partial charge in [0.1, 0.15) is 16.6 Å². The van der Waals surface area contributed by atoms with Crippen molar-refractivity contribution in [3.8, 4) is 10.6 Å². The number of thiazole rings is 1. The second kappa shape index (κ2) is 3.70. The molecule has 0 aliphatic heterocycles. The third-order valence-corrected chi connectivity index (χ3v) is 3.30. The maximum atomic E-state index is 13.4. The number of benzene rings is 1. The van der Waals surface area contributed by atoms with E-state index in [0.717, 1.165) is 16.6 Å². The minimum atomic E-state index is -0.568. The standard InChI is InChI=1S/C11H9F2NS/c1-6-7(2)15-11(14-6)9-4-3-8(12)5-10(9)13/h3-5H,1-2H3. The smallest absolute Gasteiger partial charge is 0.136 e. The lowest BCUT2D eigenvalue weighted by molar-refractivity contribution is 0.585. The van der Waals surface area contributed by atoms with Crippen molar-refractivity contribution < 1.29 is 8.78 Å². The highest BCUT2D eigenvalue weighted by Crippen LogP contribution is 2.29. The van der Waals surface area contributed by atoms with Gasteiger partial charge in [-0.3, -0.25) is 0 Å². The van der Waals surface area contributed by atoms with E-state index in [4.69, 9.17) is 0 Å². The van der Waals surface area contributed by atoms with Crippen molar-refractivity contribution in [3.63, 3.8) is 0 Å². The molecule has 0 radical (unpaired) electrons. The van der Waals surface area contributed by atoms with E-state index in [1.807, 2.05) is 13.8 Å². The quantitative estimate of drug-likeness (QED) is 0.721. The minimum Gasteiger partial charge on any atom is -0.241 e. The first kappa shape index (κ1) is 10.2. The zero-order valence-corrected chi connectivity index (χ0v) is 9.16. The maximum Gasteiger partial charge on any atom is 0.136 e. The van der Waals surface area contributed by atoms with E-state index in [1.165, 1.54) is 23.5 Å². The maximum absolute atomic E-state index is 13.4. The van der Waals surface area contributed by atoms with E-state index < -0.39 is 11.6 Å². The second-order valence-electron chi connectivity index (χ2n) is 3.28. The molecule has 78 valence electrons. The SMILES string of the molecule is Cc1nc(-c2ccc(F)cc2F)sc1C. The molecule has 0 fully saturated rings. The van der Waals surface area contributed by atoms with Gasteiger partial charge in [0.2, 0.25) is 0 Å². The van der Waals surface area contributed by atoms with Crippen LogP contribution in [-0.4, -0.2) is 4.98 Å². The number of hydrogen-bond donors (Lipinski definition) is 0. The zero-order chi connectivity index (χ0) is 11.0. The fourth-order valence-corrected chi connectivity index (χ4v) is 2.19. The van der Waals surface area contributed by atoms with Gasteiger partial charge in [-0.1, -0.05) is 0 Å². The van der Waals surface area contributed by atoms with Crippen molar-refractivity contribution in [2.45, 2.75) is 13.8 Å². The van der Waals surface area contributed by atoms with Crippen molar-refractivity contribution in [3.05, 3.63) is 40.4 Å². The molecule has 0 saturated carbocycles. The average Bonchev–Trinajstić information content (AvgIpc) is 2.46. The van der Waals surface area contributed by atoms with Gasteiger partial charge in [0.15, 0.2) is 0 Å². The molecular formula is C11H9F2NS. The summed E-state index contributed by atoms with van der Waals surface area (Å²) in [6.07, 6.45) is 0. The van der Waals surface area contributed by atoms with Crippen molar-refractivity contribution in [2.75, 3.05) is 0 Å². The van der Waals surface area contributed by atoms with Crippen molar-refractivity contribution in [2.24, 2.45) is 0 Å². The van der Waals surface area contributed by atoms with E-state index in [9.17, 15) is 8.78 Å². The normalized spacial score (nSPS) is 10.7. The molecule has 2 aromatic rings. The highest BCUT2D eigenvalue weighted by molar-refractivity contribution is 7.15. The number of rotatable bonds is 1. The highest BCUT2D eigenvalue weighted by Gasteiger charge is 2.11. The largest absolute Gasteiger partial charge is 0.241 e. The second-order valence-corrected chi connectivity index (χ2v) is 4.49. The Balaban J connectivity index is 2.54. The molecule has 15 heavy (non-hydrogen) atoms. The summed E-state index contributed by atoms with van der Waals surface area (Å²) in [5.74, 6) is -1.13. The number of halogens is 2. The van der Waals surface area contributed by atoms with Gasteiger partial charge >= 0.3 is 0 Å². The van der Waals surface area contributed by atoms with Gasteiger partial charge in [-0.2, -0.15) is 0 Å². The predicted molar refractivity (Wildman–Crippen MR) is 56.9 cm³/mol. The molecular weight excluding hydrogens is 216 g/mol. The molecule has 1 nitrogen and oxygen atoms in total. The Morgan fingerprint density at radius 3 is 2.47 bits per heavy atom. The van der Waals surface area contributed by atoms with Crippen LogP contribution in [0.15, 0.2) is 18.2 Å². The Bertz CT molecular complexity index is 486. The summed E-state index contributed by atoms with van der Waals surface area (Å²) < 4.78 is 26.1. The average molecular weight is 225 g/mol. The summed E-state index contributed by atoms with van der Waals surface area (Å²) in [6.45, 7) is 3.80.